The highest BCUT2D eigenvalue weighted by Crippen LogP contribution is 2.24. The van der Waals surface area contributed by atoms with E-state index in [0.717, 1.165) is 0 Å². The number of amides is 1. The van der Waals surface area contributed by atoms with Gasteiger partial charge in [0.1, 0.15) is 6.04 Å². The second-order valence-corrected chi connectivity index (χ2v) is 7.16. The summed E-state index contributed by atoms with van der Waals surface area (Å²) in [4.78, 5) is 12.3. The zero-order chi connectivity index (χ0) is 17.6. The van der Waals surface area contributed by atoms with Crippen molar-refractivity contribution < 1.29 is 10.1 Å². The molecule has 3 heteroatoms. The molecular formula is C22H29N2O+. The van der Waals surface area contributed by atoms with Crippen molar-refractivity contribution in [3.05, 3.63) is 70.8 Å². The molecule has 0 bridgehead atoms. The smallest absolute Gasteiger partial charge is 0.275 e. The zero-order valence-corrected chi connectivity index (χ0v) is 15.3. The van der Waals surface area contributed by atoms with Gasteiger partial charge >= 0.3 is 0 Å². The summed E-state index contributed by atoms with van der Waals surface area (Å²) in [7, 11) is 0. The molecule has 0 unspecified atom stereocenters. The van der Waals surface area contributed by atoms with E-state index in [1.165, 1.54) is 47.9 Å². The lowest BCUT2D eigenvalue weighted by Gasteiger charge is -2.20. The number of carbonyl (C=O) groups is 1. The fraction of sp³-hybridized carbons (Fsp3) is 0.409. The highest BCUT2D eigenvalue weighted by Gasteiger charge is 2.16. The fourth-order valence-electron chi connectivity index (χ4n) is 3.58. The Hall–Kier alpha value is -2.13. The summed E-state index contributed by atoms with van der Waals surface area (Å²) >= 11 is 0. The van der Waals surface area contributed by atoms with Gasteiger partial charge in [-0.1, -0.05) is 48.5 Å². The van der Waals surface area contributed by atoms with Gasteiger partial charge in [0.15, 0.2) is 6.54 Å². The van der Waals surface area contributed by atoms with Crippen molar-refractivity contribution in [2.24, 2.45) is 0 Å². The van der Waals surface area contributed by atoms with E-state index in [1.807, 2.05) is 18.2 Å². The molecule has 0 saturated heterocycles. The van der Waals surface area contributed by atoms with E-state index in [0.29, 0.717) is 6.54 Å². The van der Waals surface area contributed by atoms with Gasteiger partial charge < -0.3 is 10.6 Å². The summed E-state index contributed by atoms with van der Waals surface area (Å²) in [5, 5.41) is 5.23. The Kier molecular flexibility index (Phi) is 5.87. The highest BCUT2D eigenvalue weighted by molar-refractivity contribution is 5.77. The van der Waals surface area contributed by atoms with Crippen LogP contribution in [-0.4, -0.2) is 12.5 Å². The monoisotopic (exact) mass is 337 g/mol. The molecule has 0 aliphatic heterocycles. The molecule has 0 heterocycles. The van der Waals surface area contributed by atoms with Gasteiger partial charge in [-0.3, -0.25) is 4.79 Å². The van der Waals surface area contributed by atoms with Gasteiger partial charge in [0, 0.05) is 5.56 Å². The quantitative estimate of drug-likeness (QED) is 0.836. The summed E-state index contributed by atoms with van der Waals surface area (Å²) in [6.07, 6.45) is 4.95. The van der Waals surface area contributed by atoms with Crippen molar-refractivity contribution >= 4 is 5.91 Å². The number of nitrogens with two attached hydrogens (primary N) is 1. The minimum Gasteiger partial charge on any atom is -0.345 e. The number of carbonyl (C=O) groups excluding carboxylic acids is 1. The van der Waals surface area contributed by atoms with Crippen molar-refractivity contribution in [1.29, 1.82) is 0 Å². The maximum absolute atomic E-state index is 12.3. The normalized spacial score (nSPS) is 15.9. The summed E-state index contributed by atoms with van der Waals surface area (Å²) in [6.45, 7) is 4.66. The molecule has 3 rings (SSSR count). The molecule has 132 valence electrons. The van der Waals surface area contributed by atoms with Gasteiger partial charge in [0.25, 0.3) is 5.91 Å². The number of nitrogens with one attached hydrogen (secondary N) is 1. The van der Waals surface area contributed by atoms with Crippen molar-refractivity contribution in [1.82, 2.24) is 5.32 Å². The largest absolute Gasteiger partial charge is 0.345 e. The number of benzene rings is 2. The van der Waals surface area contributed by atoms with Crippen LogP contribution in [-0.2, 0) is 17.6 Å². The molecule has 2 aromatic rings. The molecule has 1 amide bonds. The van der Waals surface area contributed by atoms with E-state index in [1.54, 1.807) is 0 Å². The van der Waals surface area contributed by atoms with Gasteiger partial charge in [-0.05, 0) is 56.2 Å². The molecule has 3 nitrogen and oxygen atoms in total. The van der Waals surface area contributed by atoms with E-state index >= 15 is 0 Å². The van der Waals surface area contributed by atoms with E-state index in [4.69, 9.17) is 0 Å². The van der Waals surface area contributed by atoms with Crippen LogP contribution in [0.4, 0.5) is 0 Å². The van der Waals surface area contributed by atoms with Crippen LogP contribution in [0.5, 0.6) is 0 Å². The fourth-order valence-corrected chi connectivity index (χ4v) is 3.58. The van der Waals surface area contributed by atoms with Crippen molar-refractivity contribution in [3.8, 4) is 0 Å². The first-order valence-corrected chi connectivity index (χ1v) is 9.43. The lowest BCUT2D eigenvalue weighted by Crippen LogP contribution is -2.87. The number of hydrogen-bond donors (Lipinski definition) is 2. The molecule has 0 spiro atoms. The Morgan fingerprint density at radius 1 is 1.00 bits per heavy atom. The second kappa shape index (κ2) is 8.30. The Morgan fingerprint density at radius 2 is 1.72 bits per heavy atom. The first-order chi connectivity index (χ1) is 12.1. The van der Waals surface area contributed by atoms with Crippen LogP contribution in [0.3, 0.4) is 0 Å². The van der Waals surface area contributed by atoms with Crippen molar-refractivity contribution in [2.45, 2.75) is 51.6 Å². The topological polar surface area (TPSA) is 45.7 Å². The molecule has 3 N–H and O–H groups in total. The van der Waals surface area contributed by atoms with Crippen molar-refractivity contribution in [2.75, 3.05) is 6.54 Å². The summed E-state index contributed by atoms with van der Waals surface area (Å²) in [5.74, 6) is 0.0907. The summed E-state index contributed by atoms with van der Waals surface area (Å²) < 4.78 is 0. The van der Waals surface area contributed by atoms with Crippen LogP contribution in [0, 0.1) is 0 Å². The van der Waals surface area contributed by atoms with Crippen LogP contribution >= 0.6 is 0 Å². The number of hydrogen-bond acceptors (Lipinski definition) is 1. The lowest BCUT2D eigenvalue weighted by atomic mass is 9.89. The molecule has 25 heavy (non-hydrogen) atoms. The van der Waals surface area contributed by atoms with E-state index in [9.17, 15) is 4.79 Å². The zero-order valence-electron chi connectivity index (χ0n) is 15.3. The maximum atomic E-state index is 12.3. The Labute approximate surface area is 150 Å². The summed E-state index contributed by atoms with van der Waals surface area (Å²) in [6, 6.07) is 17.4. The third kappa shape index (κ3) is 4.70. The molecule has 2 atom stereocenters. The van der Waals surface area contributed by atoms with Gasteiger partial charge in [-0.25, -0.2) is 0 Å². The van der Waals surface area contributed by atoms with Crippen LogP contribution < -0.4 is 10.6 Å². The van der Waals surface area contributed by atoms with Gasteiger partial charge in [-0.15, -0.1) is 0 Å². The Morgan fingerprint density at radius 3 is 2.48 bits per heavy atom. The molecule has 0 saturated carbocycles. The molecular weight excluding hydrogens is 308 g/mol. The number of aryl methyl sites for hydroxylation is 2. The second-order valence-electron chi connectivity index (χ2n) is 7.16. The summed E-state index contributed by atoms with van der Waals surface area (Å²) in [5.41, 5.74) is 5.41. The third-order valence-electron chi connectivity index (χ3n) is 5.23. The molecule has 0 radical (unpaired) electrons. The van der Waals surface area contributed by atoms with Gasteiger partial charge in [-0.2, -0.15) is 0 Å². The molecule has 1 aliphatic carbocycles. The van der Waals surface area contributed by atoms with E-state index in [2.05, 4.69) is 54.8 Å². The Bertz CT molecular complexity index is 711. The standard InChI is InChI=1S/C22H28N2O/c1-16(18-8-4-3-5-9-18)23-15-22(25)24-17(2)20-13-12-19-10-6-7-11-21(19)14-20/h3-5,8-9,12-14,16-17,23H,6-7,10-11,15H2,1-2H3,(H,24,25)/p+1/t16-,17-/m1/s1. The predicted octanol–water partition coefficient (Wildman–Crippen LogP) is 3.07. The van der Waals surface area contributed by atoms with Gasteiger partial charge in [0.2, 0.25) is 0 Å². The van der Waals surface area contributed by atoms with Crippen LogP contribution in [0.25, 0.3) is 0 Å². The first kappa shape index (κ1) is 17.7. The number of rotatable bonds is 6. The SMILES string of the molecule is C[C@@H](NC(=O)C[NH2+][C@H](C)c1ccccc1)c1ccc2c(c1)CCCC2. The van der Waals surface area contributed by atoms with E-state index < -0.39 is 0 Å². The van der Waals surface area contributed by atoms with Crippen molar-refractivity contribution in [3.63, 3.8) is 0 Å². The lowest BCUT2D eigenvalue weighted by molar-refractivity contribution is -0.682. The molecule has 0 fully saturated rings. The number of fused-ring (bicyclic) bond motifs is 1. The minimum atomic E-state index is 0.0557. The van der Waals surface area contributed by atoms with Gasteiger partial charge in [0.05, 0.1) is 6.04 Å². The Balaban J connectivity index is 1.52. The molecule has 1 aliphatic rings. The average molecular weight is 337 g/mol. The van der Waals surface area contributed by atoms with Crippen LogP contribution in [0.15, 0.2) is 48.5 Å². The maximum Gasteiger partial charge on any atom is 0.275 e. The van der Waals surface area contributed by atoms with E-state index in [-0.39, 0.29) is 18.0 Å². The molecule has 0 aromatic heterocycles. The van der Waals surface area contributed by atoms with Crippen LogP contribution in [0.2, 0.25) is 0 Å². The van der Waals surface area contributed by atoms with Crippen LogP contribution in [0.1, 0.15) is 61.0 Å². The minimum absolute atomic E-state index is 0.0557. The highest BCUT2D eigenvalue weighted by atomic mass is 16.1. The number of quaternary nitrogens is 1. The first-order valence-electron chi connectivity index (χ1n) is 9.43. The predicted molar refractivity (Wildman–Crippen MR) is 101 cm³/mol. The third-order valence-corrected chi connectivity index (χ3v) is 5.23. The molecule has 2 aromatic carbocycles. The average Bonchev–Trinajstić information content (AvgIpc) is 2.66.